The first-order chi connectivity index (χ1) is 13.8. The lowest BCUT2D eigenvalue weighted by atomic mass is 10.1. The highest BCUT2D eigenvalue weighted by Gasteiger charge is 2.17. The number of ether oxygens (including phenoxy) is 1. The number of esters is 1. The molecule has 0 saturated heterocycles. The Morgan fingerprint density at radius 3 is 2.10 bits per heavy atom. The van der Waals surface area contributed by atoms with Crippen LogP contribution >= 0.6 is 7.82 Å². The number of rotatable bonds is 19. The Labute approximate surface area is 175 Å². The SMILES string of the molecule is CCCCC/C=C/C/C=C/CCCCCCCC(=O)OCC(O)COP(=O)(O)O. The first kappa shape index (κ1) is 28.0. The molecule has 0 aliphatic carbocycles. The van der Waals surface area contributed by atoms with Crippen LogP contribution in [0.15, 0.2) is 24.3 Å². The van der Waals surface area contributed by atoms with Gasteiger partial charge in [0.2, 0.25) is 0 Å². The molecule has 0 radical (unpaired) electrons. The maximum absolute atomic E-state index is 11.5. The molecule has 1 unspecified atom stereocenters. The molecule has 0 rings (SSSR count). The zero-order valence-corrected chi connectivity index (χ0v) is 18.6. The second-order valence-corrected chi connectivity index (χ2v) is 8.34. The molecule has 0 spiro atoms. The van der Waals surface area contributed by atoms with Gasteiger partial charge in [-0.25, -0.2) is 4.57 Å². The third-order valence-electron chi connectivity index (χ3n) is 4.20. The molecule has 1 atom stereocenters. The summed E-state index contributed by atoms with van der Waals surface area (Å²) in [6, 6.07) is 0. The zero-order valence-electron chi connectivity index (χ0n) is 17.7. The zero-order chi connectivity index (χ0) is 21.8. The van der Waals surface area contributed by atoms with Gasteiger partial charge in [-0.05, 0) is 38.5 Å². The smallest absolute Gasteiger partial charge is 0.463 e. The quantitative estimate of drug-likeness (QED) is 0.116. The van der Waals surface area contributed by atoms with Crippen molar-refractivity contribution in [1.29, 1.82) is 0 Å². The van der Waals surface area contributed by atoms with Crippen LogP contribution in [0.25, 0.3) is 0 Å². The lowest BCUT2D eigenvalue weighted by Gasteiger charge is -2.12. The first-order valence-corrected chi connectivity index (χ1v) is 12.2. The van der Waals surface area contributed by atoms with Crippen LogP contribution in [0.5, 0.6) is 0 Å². The van der Waals surface area contributed by atoms with E-state index in [9.17, 15) is 14.5 Å². The molecule has 7 nitrogen and oxygen atoms in total. The predicted molar refractivity (Wildman–Crippen MR) is 114 cm³/mol. The molecule has 0 bridgehead atoms. The van der Waals surface area contributed by atoms with Crippen molar-refractivity contribution in [3.05, 3.63) is 24.3 Å². The van der Waals surface area contributed by atoms with Crippen molar-refractivity contribution in [1.82, 2.24) is 0 Å². The maximum Gasteiger partial charge on any atom is 0.469 e. The first-order valence-electron chi connectivity index (χ1n) is 10.7. The van der Waals surface area contributed by atoms with Gasteiger partial charge in [-0.3, -0.25) is 9.32 Å². The molecule has 0 aliphatic rings. The minimum Gasteiger partial charge on any atom is -0.463 e. The van der Waals surface area contributed by atoms with E-state index in [1.54, 1.807) is 0 Å². The van der Waals surface area contributed by atoms with E-state index in [4.69, 9.17) is 14.5 Å². The summed E-state index contributed by atoms with van der Waals surface area (Å²) >= 11 is 0. The Morgan fingerprint density at radius 2 is 1.48 bits per heavy atom. The third-order valence-corrected chi connectivity index (χ3v) is 4.69. The number of carbonyl (C=O) groups excluding carboxylic acids is 1. The van der Waals surface area contributed by atoms with E-state index < -0.39 is 26.5 Å². The fourth-order valence-corrected chi connectivity index (χ4v) is 2.94. The van der Waals surface area contributed by atoms with Gasteiger partial charge in [0, 0.05) is 6.42 Å². The summed E-state index contributed by atoms with van der Waals surface area (Å²) in [4.78, 5) is 28.6. The van der Waals surface area contributed by atoms with Gasteiger partial charge in [-0.2, -0.15) is 0 Å². The average Bonchev–Trinajstić information content (AvgIpc) is 2.67. The second-order valence-electron chi connectivity index (χ2n) is 7.10. The molecular formula is C21H39O7P. The minimum absolute atomic E-state index is 0.274. The van der Waals surface area contributed by atoms with Crippen LogP contribution in [-0.4, -0.2) is 40.2 Å². The van der Waals surface area contributed by atoms with Crippen LogP contribution in [0.2, 0.25) is 0 Å². The molecule has 0 aliphatic heterocycles. The summed E-state index contributed by atoms with van der Waals surface area (Å²) in [6.45, 7) is 1.30. The predicted octanol–water partition coefficient (Wildman–Crippen LogP) is 4.81. The summed E-state index contributed by atoms with van der Waals surface area (Å²) in [7, 11) is -4.62. The fourth-order valence-electron chi connectivity index (χ4n) is 2.57. The standard InChI is InChI=1S/C21H39O7P/c1-2-3-4-5-6-7-8-9-10-11-12-13-14-15-16-17-21(23)27-18-20(22)19-28-29(24,25)26/h6-7,9-10,20,22H,2-5,8,11-19H2,1H3,(H2,24,25,26)/b7-6+,10-9+. The van der Waals surface area contributed by atoms with Crippen molar-refractivity contribution in [2.24, 2.45) is 0 Å². The number of allylic oxidation sites excluding steroid dienone is 4. The molecule has 3 N–H and O–H groups in total. The Morgan fingerprint density at radius 1 is 0.897 bits per heavy atom. The molecule has 8 heteroatoms. The Bertz CT molecular complexity index is 499. The van der Waals surface area contributed by atoms with Gasteiger partial charge in [0.15, 0.2) is 0 Å². The highest BCUT2D eigenvalue weighted by molar-refractivity contribution is 7.46. The summed E-state index contributed by atoms with van der Waals surface area (Å²) in [5.74, 6) is -0.425. The van der Waals surface area contributed by atoms with Gasteiger partial charge in [-0.15, -0.1) is 0 Å². The highest BCUT2D eigenvalue weighted by atomic mass is 31.2. The van der Waals surface area contributed by atoms with Crippen molar-refractivity contribution in [2.45, 2.75) is 90.1 Å². The highest BCUT2D eigenvalue weighted by Crippen LogP contribution is 2.35. The number of unbranched alkanes of at least 4 members (excludes halogenated alkanes) is 8. The van der Waals surface area contributed by atoms with Gasteiger partial charge in [0.05, 0.1) is 6.61 Å². The van der Waals surface area contributed by atoms with Crippen molar-refractivity contribution < 1.29 is 33.5 Å². The molecule has 0 aromatic rings. The number of phosphoric acid groups is 1. The van der Waals surface area contributed by atoms with Crippen molar-refractivity contribution >= 4 is 13.8 Å². The van der Waals surface area contributed by atoms with Crippen LogP contribution in [0, 0.1) is 0 Å². The molecule has 0 amide bonds. The van der Waals surface area contributed by atoms with Crippen LogP contribution in [0.3, 0.4) is 0 Å². The molecule has 0 heterocycles. The fraction of sp³-hybridized carbons (Fsp3) is 0.762. The number of carbonyl (C=O) groups is 1. The summed E-state index contributed by atoms with van der Waals surface area (Å²) in [5.41, 5.74) is 0. The van der Waals surface area contributed by atoms with E-state index >= 15 is 0 Å². The normalized spacial score (nSPS) is 13.4. The van der Waals surface area contributed by atoms with Crippen molar-refractivity contribution in [3.63, 3.8) is 0 Å². The Hall–Kier alpha value is -0.980. The minimum atomic E-state index is -4.62. The van der Waals surface area contributed by atoms with E-state index in [-0.39, 0.29) is 13.0 Å². The van der Waals surface area contributed by atoms with Gasteiger partial charge in [-0.1, -0.05) is 63.3 Å². The summed E-state index contributed by atoms with van der Waals surface area (Å²) in [5, 5.41) is 9.41. The van der Waals surface area contributed by atoms with Crippen LogP contribution in [0.1, 0.15) is 84.0 Å². The number of phosphoric ester groups is 1. The largest absolute Gasteiger partial charge is 0.469 e. The van der Waals surface area contributed by atoms with Crippen LogP contribution < -0.4 is 0 Å². The lowest BCUT2D eigenvalue weighted by Crippen LogP contribution is -2.23. The van der Waals surface area contributed by atoms with Crippen LogP contribution in [0.4, 0.5) is 0 Å². The second kappa shape index (κ2) is 19.0. The molecule has 29 heavy (non-hydrogen) atoms. The van der Waals surface area contributed by atoms with Gasteiger partial charge < -0.3 is 19.6 Å². The third kappa shape index (κ3) is 23.2. The van der Waals surface area contributed by atoms with Gasteiger partial charge in [0.1, 0.15) is 12.7 Å². The summed E-state index contributed by atoms with van der Waals surface area (Å²) in [6.07, 6.45) is 20.1. The molecule has 0 aromatic carbocycles. The number of aliphatic hydroxyl groups excluding tert-OH is 1. The van der Waals surface area contributed by atoms with Crippen LogP contribution in [-0.2, 0) is 18.6 Å². The monoisotopic (exact) mass is 434 g/mol. The average molecular weight is 435 g/mol. The number of aliphatic hydroxyl groups is 1. The molecule has 0 aromatic heterocycles. The molecule has 170 valence electrons. The molecule has 0 fully saturated rings. The molecular weight excluding hydrogens is 395 g/mol. The Kier molecular flexibility index (Phi) is 18.4. The van der Waals surface area contributed by atoms with E-state index in [0.29, 0.717) is 0 Å². The topological polar surface area (TPSA) is 113 Å². The van der Waals surface area contributed by atoms with E-state index in [2.05, 4.69) is 35.8 Å². The molecule has 0 saturated carbocycles. The van der Waals surface area contributed by atoms with E-state index in [0.717, 1.165) is 44.9 Å². The van der Waals surface area contributed by atoms with Crippen molar-refractivity contribution in [2.75, 3.05) is 13.2 Å². The van der Waals surface area contributed by atoms with E-state index in [1.165, 1.54) is 25.7 Å². The van der Waals surface area contributed by atoms with E-state index in [1.807, 2.05) is 0 Å². The van der Waals surface area contributed by atoms with Gasteiger partial charge >= 0.3 is 13.8 Å². The van der Waals surface area contributed by atoms with Crippen molar-refractivity contribution in [3.8, 4) is 0 Å². The number of hydrogen-bond donors (Lipinski definition) is 3. The Balaban J connectivity index is 3.44. The lowest BCUT2D eigenvalue weighted by molar-refractivity contribution is -0.147. The summed E-state index contributed by atoms with van der Waals surface area (Å²) < 4.78 is 19.5. The number of hydrogen-bond acceptors (Lipinski definition) is 5. The van der Waals surface area contributed by atoms with Gasteiger partial charge in [0.25, 0.3) is 0 Å². The maximum atomic E-state index is 11.5.